The van der Waals surface area contributed by atoms with Gasteiger partial charge in [0.1, 0.15) is 5.69 Å². The molecule has 1 amide bonds. The third kappa shape index (κ3) is 3.92. The predicted octanol–water partition coefficient (Wildman–Crippen LogP) is 4.39. The van der Waals surface area contributed by atoms with Gasteiger partial charge in [-0.25, -0.2) is 13.1 Å². The van der Waals surface area contributed by atoms with Crippen molar-refractivity contribution in [2.24, 2.45) is 0 Å². The Bertz CT molecular complexity index is 1360. The Morgan fingerprint density at radius 3 is 2.53 bits per heavy atom. The van der Waals surface area contributed by atoms with Gasteiger partial charge in [0.25, 0.3) is 5.91 Å². The Balaban J connectivity index is 1.47. The van der Waals surface area contributed by atoms with E-state index in [1.54, 1.807) is 35.1 Å². The van der Waals surface area contributed by atoms with E-state index in [4.69, 9.17) is 0 Å². The molecule has 1 saturated heterocycles. The average molecular weight is 465 g/mol. The Labute approximate surface area is 190 Å². The second-order valence-electron chi connectivity index (χ2n) is 7.39. The van der Waals surface area contributed by atoms with Gasteiger partial charge in [-0.3, -0.25) is 9.10 Å². The van der Waals surface area contributed by atoms with Crippen molar-refractivity contribution in [2.45, 2.75) is 6.42 Å². The minimum absolute atomic E-state index is 0.145. The van der Waals surface area contributed by atoms with Crippen molar-refractivity contribution in [3.8, 4) is 16.3 Å². The van der Waals surface area contributed by atoms with Crippen LogP contribution in [0.25, 0.3) is 16.3 Å². The second kappa shape index (κ2) is 8.25. The van der Waals surface area contributed by atoms with Crippen molar-refractivity contribution < 1.29 is 13.2 Å². The summed E-state index contributed by atoms with van der Waals surface area (Å²) in [5.41, 5.74) is 2.97. The van der Waals surface area contributed by atoms with Crippen molar-refractivity contribution in [3.05, 3.63) is 83.9 Å². The van der Waals surface area contributed by atoms with Crippen LogP contribution in [-0.4, -0.2) is 36.4 Å². The first-order valence-corrected chi connectivity index (χ1v) is 12.6. The Morgan fingerprint density at radius 2 is 1.81 bits per heavy atom. The molecule has 0 aliphatic carbocycles. The normalized spacial score (nSPS) is 15.1. The minimum atomic E-state index is -3.29. The zero-order valence-corrected chi connectivity index (χ0v) is 18.6. The molecular formula is C23H20N4O3S2. The summed E-state index contributed by atoms with van der Waals surface area (Å²) in [4.78, 5) is 14.1. The minimum Gasteiger partial charge on any atom is -0.322 e. The lowest BCUT2D eigenvalue weighted by Crippen LogP contribution is -2.25. The summed E-state index contributed by atoms with van der Waals surface area (Å²) in [7, 11) is -3.29. The van der Waals surface area contributed by atoms with Crippen molar-refractivity contribution in [2.75, 3.05) is 21.9 Å². The van der Waals surface area contributed by atoms with Gasteiger partial charge in [-0.15, -0.1) is 11.3 Å². The predicted molar refractivity (Wildman–Crippen MR) is 127 cm³/mol. The summed E-state index contributed by atoms with van der Waals surface area (Å²) >= 11 is 1.51. The van der Waals surface area contributed by atoms with Crippen LogP contribution in [0.15, 0.2) is 78.3 Å². The van der Waals surface area contributed by atoms with Crippen molar-refractivity contribution >= 4 is 38.6 Å². The molecule has 2 aromatic carbocycles. The first kappa shape index (κ1) is 20.5. The van der Waals surface area contributed by atoms with E-state index in [9.17, 15) is 13.2 Å². The average Bonchev–Trinajstić information content (AvgIpc) is 3.53. The number of benzene rings is 2. The smallest absolute Gasteiger partial charge is 0.259 e. The first-order chi connectivity index (χ1) is 15.5. The highest BCUT2D eigenvalue weighted by molar-refractivity contribution is 7.93. The van der Waals surface area contributed by atoms with Crippen LogP contribution in [0.1, 0.15) is 16.8 Å². The maximum absolute atomic E-state index is 13.2. The van der Waals surface area contributed by atoms with E-state index in [-0.39, 0.29) is 11.7 Å². The van der Waals surface area contributed by atoms with Gasteiger partial charge in [0.2, 0.25) is 10.0 Å². The number of aromatic nitrogens is 2. The van der Waals surface area contributed by atoms with E-state index < -0.39 is 10.0 Å². The molecule has 0 radical (unpaired) electrons. The van der Waals surface area contributed by atoms with Crippen molar-refractivity contribution in [1.29, 1.82) is 0 Å². The maximum Gasteiger partial charge on any atom is 0.259 e. The van der Waals surface area contributed by atoms with Crippen LogP contribution in [-0.2, 0) is 10.0 Å². The molecule has 9 heteroatoms. The zero-order valence-electron chi connectivity index (χ0n) is 17.0. The monoisotopic (exact) mass is 464 g/mol. The fourth-order valence-electron chi connectivity index (χ4n) is 3.72. The number of nitrogens with one attached hydrogen (secondary N) is 1. The van der Waals surface area contributed by atoms with Crippen LogP contribution >= 0.6 is 11.3 Å². The number of thiophene rings is 1. The molecule has 3 heterocycles. The SMILES string of the molecule is O=C(Nc1cccc(N2CCCS2(=O)=O)c1)c1cn(-c2ccccc2)nc1-c1cccs1. The number of rotatable bonds is 5. The van der Waals surface area contributed by atoms with Crippen LogP contribution in [0.5, 0.6) is 0 Å². The van der Waals surface area contributed by atoms with Crippen LogP contribution in [0.3, 0.4) is 0 Å². The Hall–Kier alpha value is -3.43. The molecule has 5 rings (SSSR count). The van der Waals surface area contributed by atoms with Gasteiger partial charge in [-0.05, 0) is 48.2 Å². The van der Waals surface area contributed by atoms with Crippen LogP contribution in [0.2, 0.25) is 0 Å². The van der Waals surface area contributed by atoms with E-state index in [2.05, 4.69) is 10.4 Å². The number of para-hydroxylation sites is 1. The third-order valence-corrected chi connectivity index (χ3v) is 7.97. The van der Waals surface area contributed by atoms with Gasteiger partial charge in [0.05, 0.1) is 27.6 Å². The zero-order chi connectivity index (χ0) is 22.1. The summed E-state index contributed by atoms with van der Waals surface area (Å²) in [5, 5.41) is 9.51. The van der Waals surface area contributed by atoms with Crippen LogP contribution < -0.4 is 9.62 Å². The lowest BCUT2D eigenvalue weighted by molar-refractivity contribution is 0.102. The van der Waals surface area contributed by atoms with Gasteiger partial charge in [-0.1, -0.05) is 30.3 Å². The second-order valence-corrected chi connectivity index (χ2v) is 10.4. The molecule has 162 valence electrons. The number of hydrogen-bond acceptors (Lipinski definition) is 5. The van der Waals surface area contributed by atoms with E-state index in [1.165, 1.54) is 15.6 Å². The highest BCUT2D eigenvalue weighted by Crippen LogP contribution is 2.30. The fraction of sp³-hybridized carbons (Fsp3) is 0.130. The number of carbonyl (C=O) groups is 1. The lowest BCUT2D eigenvalue weighted by atomic mass is 10.2. The molecule has 0 bridgehead atoms. The summed E-state index contributed by atoms with van der Waals surface area (Å²) < 4.78 is 27.6. The number of carbonyl (C=O) groups excluding carboxylic acids is 1. The standard InChI is InChI=1S/C23H20N4O3S2/c28-23(24-17-7-4-10-19(15-17)27-12-6-14-32(27,29)30)20-16-26(18-8-2-1-3-9-18)25-22(20)21-11-5-13-31-21/h1-5,7-11,13,15-16H,6,12,14H2,(H,24,28). The summed E-state index contributed by atoms with van der Waals surface area (Å²) in [6, 6.07) is 20.4. The molecule has 0 atom stereocenters. The molecular weight excluding hydrogens is 444 g/mol. The molecule has 32 heavy (non-hydrogen) atoms. The topological polar surface area (TPSA) is 84.3 Å². The van der Waals surface area contributed by atoms with Gasteiger partial charge in [0.15, 0.2) is 0 Å². The number of sulfonamides is 1. The van der Waals surface area contributed by atoms with E-state index in [0.29, 0.717) is 35.6 Å². The highest BCUT2D eigenvalue weighted by Gasteiger charge is 2.28. The maximum atomic E-state index is 13.2. The van der Waals surface area contributed by atoms with Crippen LogP contribution in [0, 0.1) is 0 Å². The molecule has 7 nitrogen and oxygen atoms in total. The molecule has 4 aromatic rings. The number of anilines is 2. The first-order valence-electron chi connectivity index (χ1n) is 10.1. The molecule has 1 aliphatic rings. The molecule has 1 fully saturated rings. The lowest BCUT2D eigenvalue weighted by Gasteiger charge is -2.17. The Kier molecular flexibility index (Phi) is 5.28. The quantitative estimate of drug-likeness (QED) is 0.475. The van der Waals surface area contributed by atoms with Crippen LogP contribution in [0.4, 0.5) is 11.4 Å². The van der Waals surface area contributed by atoms with Crippen molar-refractivity contribution in [1.82, 2.24) is 9.78 Å². The molecule has 1 aliphatic heterocycles. The fourth-order valence-corrected chi connectivity index (χ4v) is 5.99. The summed E-state index contributed by atoms with van der Waals surface area (Å²) in [6.07, 6.45) is 2.32. The summed E-state index contributed by atoms with van der Waals surface area (Å²) in [5.74, 6) is -0.163. The van der Waals surface area contributed by atoms with Gasteiger partial charge in [0, 0.05) is 18.4 Å². The number of hydrogen-bond donors (Lipinski definition) is 1. The van der Waals surface area contributed by atoms with Crippen molar-refractivity contribution in [3.63, 3.8) is 0 Å². The van der Waals surface area contributed by atoms with E-state index in [1.807, 2.05) is 47.8 Å². The van der Waals surface area contributed by atoms with E-state index >= 15 is 0 Å². The largest absolute Gasteiger partial charge is 0.322 e. The van der Waals surface area contributed by atoms with Gasteiger partial charge in [-0.2, -0.15) is 5.10 Å². The highest BCUT2D eigenvalue weighted by atomic mass is 32.2. The van der Waals surface area contributed by atoms with Gasteiger partial charge >= 0.3 is 0 Å². The van der Waals surface area contributed by atoms with E-state index in [0.717, 1.165) is 10.6 Å². The number of nitrogens with zero attached hydrogens (tertiary/aromatic N) is 3. The van der Waals surface area contributed by atoms with Gasteiger partial charge < -0.3 is 5.32 Å². The molecule has 2 aromatic heterocycles. The molecule has 0 spiro atoms. The third-order valence-electron chi connectivity index (χ3n) is 5.23. The summed E-state index contributed by atoms with van der Waals surface area (Å²) in [6.45, 7) is 0.451. The Morgan fingerprint density at radius 1 is 1.00 bits per heavy atom. The molecule has 1 N–H and O–H groups in total. The number of amides is 1. The molecule has 0 saturated carbocycles. The molecule has 0 unspecified atom stereocenters.